The Morgan fingerprint density at radius 3 is 2.94 bits per heavy atom. The second kappa shape index (κ2) is 4.89. The zero-order valence-electron chi connectivity index (χ0n) is 9.17. The van der Waals surface area contributed by atoms with Gasteiger partial charge in [-0.1, -0.05) is 11.6 Å². The van der Waals surface area contributed by atoms with Crippen molar-refractivity contribution in [2.45, 2.75) is 6.42 Å². The van der Waals surface area contributed by atoms with E-state index in [0.717, 1.165) is 6.42 Å². The molecule has 1 atom stereocenters. The maximum Gasteiger partial charge on any atom is 0.292 e. The zero-order valence-corrected chi connectivity index (χ0v) is 9.93. The van der Waals surface area contributed by atoms with E-state index in [1.54, 1.807) is 6.07 Å². The van der Waals surface area contributed by atoms with Gasteiger partial charge in [0.15, 0.2) is 0 Å². The van der Waals surface area contributed by atoms with E-state index in [9.17, 15) is 10.1 Å². The number of benzene rings is 1. The molecule has 2 rings (SSSR count). The van der Waals surface area contributed by atoms with Gasteiger partial charge in [-0.05, 0) is 18.6 Å². The standard InChI is InChI=1S/C11H13ClN2O3/c12-9-1-2-10(14(16)17)11(5-9)13-4-3-8(6-13)7-15/h1-2,5,8,15H,3-4,6-7H2. The maximum absolute atomic E-state index is 10.9. The number of nitrogens with zero attached hydrogens (tertiary/aromatic N) is 2. The predicted molar refractivity (Wildman–Crippen MR) is 65.5 cm³/mol. The molecule has 5 nitrogen and oxygen atoms in total. The third kappa shape index (κ3) is 2.50. The van der Waals surface area contributed by atoms with Crippen molar-refractivity contribution in [3.8, 4) is 0 Å². The molecule has 1 aliphatic rings. The summed E-state index contributed by atoms with van der Waals surface area (Å²) < 4.78 is 0. The van der Waals surface area contributed by atoms with E-state index < -0.39 is 4.92 Å². The van der Waals surface area contributed by atoms with Crippen LogP contribution in [0, 0.1) is 16.0 Å². The zero-order chi connectivity index (χ0) is 12.4. The minimum atomic E-state index is -0.405. The molecule has 1 heterocycles. The fraction of sp³-hybridized carbons (Fsp3) is 0.455. The van der Waals surface area contributed by atoms with Crippen LogP contribution in [0.25, 0.3) is 0 Å². The van der Waals surface area contributed by atoms with Crippen molar-refractivity contribution < 1.29 is 10.0 Å². The highest BCUT2D eigenvalue weighted by atomic mass is 35.5. The summed E-state index contributed by atoms with van der Waals surface area (Å²) in [6, 6.07) is 4.55. The first-order chi connectivity index (χ1) is 8.11. The lowest BCUT2D eigenvalue weighted by molar-refractivity contribution is -0.384. The van der Waals surface area contributed by atoms with Crippen LogP contribution in [0.2, 0.25) is 5.02 Å². The van der Waals surface area contributed by atoms with Crippen molar-refractivity contribution in [1.82, 2.24) is 0 Å². The van der Waals surface area contributed by atoms with E-state index >= 15 is 0 Å². The molecular weight excluding hydrogens is 244 g/mol. The van der Waals surface area contributed by atoms with Crippen LogP contribution in [0.5, 0.6) is 0 Å². The van der Waals surface area contributed by atoms with E-state index in [4.69, 9.17) is 16.7 Å². The Kier molecular flexibility index (Phi) is 3.49. The summed E-state index contributed by atoms with van der Waals surface area (Å²) in [6.45, 7) is 1.47. The molecule has 1 aromatic carbocycles. The monoisotopic (exact) mass is 256 g/mol. The first kappa shape index (κ1) is 12.1. The van der Waals surface area contributed by atoms with Gasteiger partial charge in [0.1, 0.15) is 5.69 Å². The number of anilines is 1. The van der Waals surface area contributed by atoms with Gasteiger partial charge in [-0.3, -0.25) is 10.1 Å². The van der Waals surface area contributed by atoms with E-state index in [-0.39, 0.29) is 18.2 Å². The summed E-state index contributed by atoms with van der Waals surface area (Å²) in [5.41, 5.74) is 0.603. The van der Waals surface area contributed by atoms with Crippen molar-refractivity contribution in [2.75, 3.05) is 24.6 Å². The molecule has 0 aliphatic carbocycles. The Hall–Kier alpha value is -1.33. The molecule has 0 aromatic heterocycles. The summed E-state index contributed by atoms with van der Waals surface area (Å²) >= 11 is 5.87. The summed E-state index contributed by atoms with van der Waals surface area (Å²) in [5.74, 6) is 0.189. The van der Waals surface area contributed by atoms with Gasteiger partial charge in [0.05, 0.1) is 4.92 Å². The number of halogens is 1. The van der Waals surface area contributed by atoms with E-state index in [1.165, 1.54) is 12.1 Å². The van der Waals surface area contributed by atoms with Crippen molar-refractivity contribution >= 4 is 23.0 Å². The quantitative estimate of drug-likeness (QED) is 0.664. The van der Waals surface area contributed by atoms with Crippen LogP contribution < -0.4 is 4.90 Å². The minimum absolute atomic E-state index is 0.0630. The molecule has 0 spiro atoms. The predicted octanol–water partition coefficient (Wildman–Crippen LogP) is 2.07. The minimum Gasteiger partial charge on any atom is -0.396 e. The van der Waals surface area contributed by atoms with Gasteiger partial charge in [0, 0.05) is 36.7 Å². The lowest BCUT2D eigenvalue weighted by atomic mass is 10.1. The lowest BCUT2D eigenvalue weighted by Gasteiger charge is -2.18. The SMILES string of the molecule is O=[N+]([O-])c1ccc(Cl)cc1N1CCC(CO)C1. The number of aliphatic hydroxyl groups is 1. The normalized spacial score (nSPS) is 19.6. The van der Waals surface area contributed by atoms with Crippen LogP contribution in [0.4, 0.5) is 11.4 Å². The molecule has 1 fully saturated rings. The lowest BCUT2D eigenvalue weighted by Crippen LogP contribution is -2.21. The molecule has 0 amide bonds. The number of nitro benzene ring substituents is 1. The average Bonchev–Trinajstić information content (AvgIpc) is 2.76. The number of rotatable bonds is 3. The molecule has 6 heteroatoms. The van der Waals surface area contributed by atoms with Crippen LogP contribution in [-0.2, 0) is 0 Å². The molecule has 1 aliphatic heterocycles. The van der Waals surface area contributed by atoms with Crippen molar-refractivity contribution in [2.24, 2.45) is 5.92 Å². The van der Waals surface area contributed by atoms with Gasteiger partial charge in [0.2, 0.25) is 0 Å². The van der Waals surface area contributed by atoms with Gasteiger partial charge in [-0.25, -0.2) is 0 Å². The summed E-state index contributed by atoms with van der Waals surface area (Å²) in [4.78, 5) is 12.4. The van der Waals surface area contributed by atoms with Gasteiger partial charge >= 0.3 is 0 Å². The van der Waals surface area contributed by atoms with Crippen LogP contribution in [0.15, 0.2) is 18.2 Å². The molecule has 0 radical (unpaired) electrons. The first-order valence-corrected chi connectivity index (χ1v) is 5.79. The van der Waals surface area contributed by atoms with Gasteiger partial charge in [0.25, 0.3) is 5.69 Å². The van der Waals surface area contributed by atoms with Gasteiger partial charge < -0.3 is 10.0 Å². The molecule has 1 aromatic rings. The van der Waals surface area contributed by atoms with Crippen LogP contribution in [-0.4, -0.2) is 29.7 Å². The number of nitro groups is 1. The molecular formula is C11H13ClN2O3. The highest BCUT2D eigenvalue weighted by Crippen LogP contribution is 2.34. The highest BCUT2D eigenvalue weighted by molar-refractivity contribution is 6.31. The van der Waals surface area contributed by atoms with Crippen molar-refractivity contribution in [1.29, 1.82) is 0 Å². The highest BCUT2D eigenvalue weighted by Gasteiger charge is 2.27. The van der Waals surface area contributed by atoms with Gasteiger partial charge in [-0.2, -0.15) is 0 Å². The Bertz CT molecular complexity index is 439. The number of hydrogen-bond acceptors (Lipinski definition) is 4. The first-order valence-electron chi connectivity index (χ1n) is 5.41. The Labute approximate surface area is 104 Å². The fourth-order valence-electron chi connectivity index (χ4n) is 2.10. The molecule has 92 valence electrons. The maximum atomic E-state index is 10.9. The molecule has 1 saturated heterocycles. The second-order valence-electron chi connectivity index (χ2n) is 4.17. The number of hydrogen-bond donors (Lipinski definition) is 1. The topological polar surface area (TPSA) is 66.6 Å². The molecule has 0 bridgehead atoms. The fourth-order valence-corrected chi connectivity index (χ4v) is 2.27. The molecule has 1 N–H and O–H groups in total. The third-order valence-corrected chi connectivity index (χ3v) is 3.25. The Morgan fingerprint density at radius 1 is 1.59 bits per heavy atom. The third-order valence-electron chi connectivity index (χ3n) is 3.02. The van der Waals surface area contributed by atoms with Crippen LogP contribution >= 0.6 is 11.6 Å². The van der Waals surface area contributed by atoms with E-state index in [1.807, 2.05) is 4.90 Å². The van der Waals surface area contributed by atoms with E-state index in [0.29, 0.717) is 23.8 Å². The summed E-state index contributed by atoms with van der Waals surface area (Å²) in [6.07, 6.45) is 0.847. The molecule has 0 saturated carbocycles. The Morgan fingerprint density at radius 2 is 2.35 bits per heavy atom. The second-order valence-corrected chi connectivity index (χ2v) is 4.61. The molecule has 17 heavy (non-hydrogen) atoms. The average molecular weight is 257 g/mol. The summed E-state index contributed by atoms with van der Waals surface area (Å²) in [7, 11) is 0. The summed E-state index contributed by atoms with van der Waals surface area (Å²) in [5, 5.41) is 20.5. The van der Waals surface area contributed by atoms with Crippen molar-refractivity contribution in [3.63, 3.8) is 0 Å². The Balaban J connectivity index is 2.31. The van der Waals surface area contributed by atoms with Gasteiger partial charge in [-0.15, -0.1) is 0 Å². The van der Waals surface area contributed by atoms with Crippen LogP contribution in [0.1, 0.15) is 6.42 Å². The number of aliphatic hydroxyl groups excluding tert-OH is 1. The van der Waals surface area contributed by atoms with Crippen molar-refractivity contribution in [3.05, 3.63) is 33.3 Å². The molecule has 1 unspecified atom stereocenters. The largest absolute Gasteiger partial charge is 0.396 e. The smallest absolute Gasteiger partial charge is 0.292 e. The van der Waals surface area contributed by atoms with E-state index in [2.05, 4.69) is 0 Å². The van der Waals surface area contributed by atoms with Crippen LogP contribution in [0.3, 0.4) is 0 Å².